The number of hydrogen-bond donors (Lipinski definition) is 2. The van der Waals surface area contributed by atoms with Crippen molar-refractivity contribution in [3.63, 3.8) is 0 Å². The Morgan fingerprint density at radius 2 is 1.71 bits per heavy atom. The van der Waals surface area contributed by atoms with Gasteiger partial charge in [-0.3, -0.25) is 0 Å². The highest BCUT2D eigenvalue weighted by Crippen LogP contribution is 2.34. The van der Waals surface area contributed by atoms with Crippen LogP contribution >= 0.6 is 12.2 Å². The van der Waals surface area contributed by atoms with Crippen molar-refractivity contribution in [2.45, 2.75) is 26.5 Å². The van der Waals surface area contributed by atoms with Crippen molar-refractivity contribution in [3.8, 4) is 17.2 Å². The fourth-order valence-electron chi connectivity index (χ4n) is 2.92. The molecule has 1 aliphatic heterocycles. The predicted octanol–water partition coefficient (Wildman–Crippen LogP) is 4.74. The molecule has 1 heterocycles. The number of benzene rings is 2. The first kappa shape index (κ1) is 20.1. The van der Waals surface area contributed by atoms with E-state index >= 15 is 0 Å². The molecule has 2 aromatic carbocycles. The van der Waals surface area contributed by atoms with Gasteiger partial charge in [-0.25, -0.2) is 0 Å². The van der Waals surface area contributed by atoms with Crippen molar-refractivity contribution in [1.29, 1.82) is 0 Å². The maximum atomic E-state index is 12.2. The minimum Gasteiger partial charge on any atom is -0.486 e. The molecule has 0 saturated carbocycles. The van der Waals surface area contributed by atoms with E-state index in [1.807, 2.05) is 18.2 Å². The number of alkyl halides is 2. The van der Waals surface area contributed by atoms with Crippen molar-refractivity contribution in [1.82, 2.24) is 5.32 Å². The Kier molecular flexibility index (Phi) is 6.51. The number of ether oxygens (including phenoxy) is 3. The highest BCUT2D eigenvalue weighted by atomic mass is 32.1. The molecule has 0 spiro atoms. The maximum absolute atomic E-state index is 12.2. The predicted molar refractivity (Wildman–Crippen MR) is 107 cm³/mol. The minimum atomic E-state index is -2.85. The van der Waals surface area contributed by atoms with E-state index in [2.05, 4.69) is 29.2 Å². The van der Waals surface area contributed by atoms with Crippen LogP contribution in [0.4, 0.5) is 14.5 Å². The summed E-state index contributed by atoms with van der Waals surface area (Å²) in [6.45, 7) is 2.41. The Morgan fingerprint density at radius 3 is 2.36 bits per heavy atom. The molecule has 0 unspecified atom stereocenters. The number of rotatable bonds is 6. The van der Waals surface area contributed by atoms with Gasteiger partial charge in [0.2, 0.25) is 0 Å². The van der Waals surface area contributed by atoms with Crippen molar-refractivity contribution >= 4 is 23.0 Å². The van der Waals surface area contributed by atoms with Crippen LogP contribution in [0.2, 0.25) is 0 Å². The Morgan fingerprint density at radius 1 is 1.04 bits per heavy atom. The van der Waals surface area contributed by atoms with Gasteiger partial charge in [-0.05, 0) is 60.1 Å². The van der Waals surface area contributed by atoms with E-state index in [-0.39, 0.29) is 17.7 Å². The van der Waals surface area contributed by atoms with Crippen LogP contribution in [0.15, 0.2) is 42.5 Å². The van der Waals surface area contributed by atoms with Gasteiger partial charge in [0.15, 0.2) is 16.6 Å². The van der Waals surface area contributed by atoms with Gasteiger partial charge in [0, 0.05) is 5.69 Å². The Balaban J connectivity index is 1.66. The number of hydrogen-bond acceptors (Lipinski definition) is 4. The monoisotopic (exact) mass is 408 g/mol. The van der Waals surface area contributed by atoms with Crippen molar-refractivity contribution in [3.05, 3.63) is 48.0 Å². The van der Waals surface area contributed by atoms with Crippen molar-refractivity contribution in [2.75, 3.05) is 18.5 Å². The summed E-state index contributed by atoms with van der Waals surface area (Å²) in [6, 6.07) is 12.0. The summed E-state index contributed by atoms with van der Waals surface area (Å²) >= 11 is 5.43. The molecule has 0 saturated heterocycles. The van der Waals surface area contributed by atoms with Crippen LogP contribution in [0.1, 0.15) is 25.5 Å². The second-order valence-electron chi connectivity index (χ2n) is 6.63. The van der Waals surface area contributed by atoms with Gasteiger partial charge in [-0.1, -0.05) is 19.9 Å². The molecule has 8 heteroatoms. The van der Waals surface area contributed by atoms with E-state index in [4.69, 9.17) is 21.7 Å². The lowest BCUT2D eigenvalue weighted by molar-refractivity contribution is -0.0498. The molecule has 1 aliphatic rings. The fraction of sp³-hybridized carbons (Fsp3) is 0.350. The van der Waals surface area contributed by atoms with Gasteiger partial charge in [-0.2, -0.15) is 8.78 Å². The van der Waals surface area contributed by atoms with Crippen LogP contribution in [0, 0.1) is 5.92 Å². The summed E-state index contributed by atoms with van der Waals surface area (Å²) < 4.78 is 40.0. The SMILES string of the molecule is CC(C)[C@H](NC(=S)Nc1ccc(OC(F)F)cc1)c1ccc2c(c1)OCCO2. The molecule has 3 rings (SSSR count). The molecule has 0 aliphatic carbocycles. The molecule has 2 aromatic rings. The van der Waals surface area contributed by atoms with E-state index in [9.17, 15) is 8.78 Å². The van der Waals surface area contributed by atoms with Gasteiger partial charge in [0.25, 0.3) is 0 Å². The average Bonchev–Trinajstić information content (AvgIpc) is 2.66. The lowest BCUT2D eigenvalue weighted by Crippen LogP contribution is -2.35. The summed E-state index contributed by atoms with van der Waals surface area (Å²) in [5.74, 6) is 1.81. The average molecular weight is 408 g/mol. The second kappa shape index (κ2) is 9.05. The third-order valence-electron chi connectivity index (χ3n) is 4.22. The number of halogens is 2. The molecule has 0 bridgehead atoms. The standard InChI is InChI=1S/C20H22F2N2O3S/c1-12(2)18(13-3-8-16-17(11-13)26-10-9-25-16)24-20(28)23-14-4-6-15(7-5-14)27-19(21)22/h3-8,11-12,18-19H,9-10H2,1-2H3,(H2,23,24,28)/t18-/m0/s1. The first-order chi connectivity index (χ1) is 13.4. The molecule has 2 N–H and O–H groups in total. The highest BCUT2D eigenvalue weighted by molar-refractivity contribution is 7.80. The topological polar surface area (TPSA) is 51.8 Å². The second-order valence-corrected chi connectivity index (χ2v) is 7.03. The number of thiocarbonyl (C=S) groups is 1. The number of anilines is 1. The zero-order valence-corrected chi connectivity index (χ0v) is 16.4. The first-order valence-corrected chi connectivity index (χ1v) is 9.35. The van der Waals surface area contributed by atoms with E-state index in [1.165, 1.54) is 12.1 Å². The quantitative estimate of drug-likeness (QED) is 0.674. The normalized spacial score (nSPS) is 13.9. The third-order valence-corrected chi connectivity index (χ3v) is 4.44. The zero-order valence-electron chi connectivity index (χ0n) is 15.6. The molecule has 0 aromatic heterocycles. The van der Waals surface area contributed by atoms with Gasteiger partial charge in [0.05, 0.1) is 6.04 Å². The number of nitrogens with one attached hydrogen (secondary N) is 2. The smallest absolute Gasteiger partial charge is 0.387 e. The van der Waals surface area contributed by atoms with Gasteiger partial charge >= 0.3 is 6.61 Å². The number of fused-ring (bicyclic) bond motifs is 1. The van der Waals surface area contributed by atoms with Gasteiger partial charge in [0.1, 0.15) is 19.0 Å². The summed E-state index contributed by atoms with van der Waals surface area (Å²) in [5, 5.41) is 6.80. The molecule has 0 radical (unpaired) electrons. The molecular weight excluding hydrogens is 386 g/mol. The van der Waals surface area contributed by atoms with Crippen molar-refractivity contribution in [2.24, 2.45) is 5.92 Å². The van der Waals surface area contributed by atoms with Gasteiger partial charge in [-0.15, -0.1) is 0 Å². The van der Waals surface area contributed by atoms with Crippen LogP contribution in [-0.4, -0.2) is 24.9 Å². The van der Waals surface area contributed by atoms with Crippen molar-refractivity contribution < 1.29 is 23.0 Å². The maximum Gasteiger partial charge on any atom is 0.387 e. The fourth-order valence-corrected chi connectivity index (χ4v) is 3.16. The summed E-state index contributed by atoms with van der Waals surface area (Å²) in [4.78, 5) is 0. The zero-order chi connectivity index (χ0) is 20.1. The van der Waals surface area contributed by atoms with Crippen LogP contribution in [0.25, 0.3) is 0 Å². The van der Waals surface area contributed by atoms with E-state index in [0.29, 0.717) is 24.0 Å². The van der Waals surface area contributed by atoms with Crippen LogP contribution in [0.3, 0.4) is 0 Å². The van der Waals surface area contributed by atoms with E-state index < -0.39 is 6.61 Å². The first-order valence-electron chi connectivity index (χ1n) is 8.94. The van der Waals surface area contributed by atoms with Gasteiger partial charge < -0.3 is 24.8 Å². The van der Waals surface area contributed by atoms with Crippen LogP contribution in [0.5, 0.6) is 17.2 Å². The molecule has 28 heavy (non-hydrogen) atoms. The van der Waals surface area contributed by atoms with Crippen LogP contribution in [-0.2, 0) is 0 Å². The Hall–Kier alpha value is -2.61. The largest absolute Gasteiger partial charge is 0.486 e. The Bertz CT molecular complexity index is 816. The lowest BCUT2D eigenvalue weighted by Gasteiger charge is -2.26. The highest BCUT2D eigenvalue weighted by Gasteiger charge is 2.20. The van der Waals surface area contributed by atoms with E-state index in [1.54, 1.807) is 12.1 Å². The molecule has 0 fully saturated rings. The summed E-state index contributed by atoms with van der Waals surface area (Å²) in [5.41, 5.74) is 1.70. The lowest BCUT2D eigenvalue weighted by atomic mass is 9.95. The minimum absolute atomic E-state index is 0.0442. The molecule has 0 amide bonds. The molecule has 5 nitrogen and oxygen atoms in total. The van der Waals surface area contributed by atoms with Crippen LogP contribution < -0.4 is 24.8 Å². The third kappa shape index (κ3) is 5.22. The molecule has 150 valence electrons. The van der Waals surface area contributed by atoms with E-state index in [0.717, 1.165) is 17.1 Å². The molecule has 1 atom stereocenters. The molecular formula is C20H22F2N2O3S. The summed E-state index contributed by atoms with van der Waals surface area (Å²) in [7, 11) is 0. The Labute approximate surface area is 168 Å². The summed E-state index contributed by atoms with van der Waals surface area (Å²) in [6.07, 6.45) is 0.